The van der Waals surface area contributed by atoms with Crippen LogP contribution in [0.2, 0.25) is 0 Å². The van der Waals surface area contributed by atoms with E-state index in [4.69, 9.17) is 5.11 Å². The fourth-order valence-corrected chi connectivity index (χ4v) is 1.78. The molecular formula is C10H14N2O3S. The highest BCUT2D eigenvalue weighted by molar-refractivity contribution is 7.09. The first kappa shape index (κ1) is 12.6. The molecule has 0 saturated carbocycles. The smallest absolute Gasteiger partial charge is 0.303 e. The van der Waals surface area contributed by atoms with Gasteiger partial charge in [-0.25, -0.2) is 0 Å². The van der Waals surface area contributed by atoms with Crippen molar-refractivity contribution in [2.45, 2.75) is 25.7 Å². The molecular weight excluding hydrogens is 228 g/mol. The summed E-state index contributed by atoms with van der Waals surface area (Å²) in [5.41, 5.74) is 1.75. The van der Waals surface area contributed by atoms with Gasteiger partial charge in [0.05, 0.1) is 5.51 Å². The summed E-state index contributed by atoms with van der Waals surface area (Å²) in [6.45, 7) is 0.577. The third-order valence-corrected chi connectivity index (χ3v) is 2.81. The number of thiazole rings is 1. The number of hydrogen-bond donors (Lipinski definition) is 2. The number of hydrogen-bond acceptors (Lipinski definition) is 4. The van der Waals surface area contributed by atoms with Gasteiger partial charge in [0.25, 0.3) is 0 Å². The summed E-state index contributed by atoms with van der Waals surface area (Å²) in [4.78, 5) is 26.5. The maximum absolute atomic E-state index is 11.2. The number of carboxylic acid groups (broad SMARTS) is 1. The molecule has 0 aliphatic carbocycles. The van der Waals surface area contributed by atoms with Gasteiger partial charge in [-0.05, 0) is 6.42 Å². The van der Waals surface area contributed by atoms with Crippen molar-refractivity contribution in [3.63, 3.8) is 0 Å². The standard InChI is InChI=1S/C10H14N2O3S/c13-9(2-1-3-10(14)15)12-5-4-8-6-11-7-16-8/h6-7H,1-5H2,(H,12,13)(H,14,15). The SMILES string of the molecule is O=C(O)CCCC(=O)NCCc1cncs1. The maximum atomic E-state index is 11.2. The number of nitrogens with zero attached hydrogens (tertiary/aromatic N) is 1. The Labute approximate surface area is 97.5 Å². The highest BCUT2D eigenvalue weighted by Gasteiger charge is 2.03. The number of carboxylic acids is 1. The van der Waals surface area contributed by atoms with E-state index in [-0.39, 0.29) is 18.7 Å². The van der Waals surface area contributed by atoms with Crippen LogP contribution in [0.4, 0.5) is 0 Å². The van der Waals surface area contributed by atoms with Gasteiger partial charge in [0.15, 0.2) is 0 Å². The van der Waals surface area contributed by atoms with E-state index >= 15 is 0 Å². The fraction of sp³-hybridized carbons (Fsp3) is 0.500. The third kappa shape index (κ3) is 5.45. The highest BCUT2D eigenvalue weighted by atomic mass is 32.1. The number of aromatic nitrogens is 1. The molecule has 0 atom stereocenters. The van der Waals surface area contributed by atoms with Crippen LogP contribution in [0.1, 0.15) is 24.1 Å². The van der Waals surface area contributed by atoms with Crippen LogP contribution >= 0.6 is 11.3 Å². The Hall–Kier alpha value is -1.43. The Kier molecular flexibility index (Phi) is 5.49. The van der Waals surface area contributed by atoms with Gasteiger partial charge in [0, 0.05) is 36.9 Å². The Bertz CT molecular complexity index is 338. The molecule has 6 heteroatoms. The van der Waals surface area contributed by atoms with Crippen LogP contribution in [0.15, 0.2) is 11.7 Å². The summed E-state index contributed by atoms with van der Waals surface area (Å²) < 4.78 is 0. The van der Waals surface area contributed by atoms with Gasteiger partial charge in [-0.3, -0.25) is 14.6 Å². The second-order valence-electron chi connectivity index (χ2n) is 3.31. The van der Waals surface area contributed by atoms with Gasteiger partial charge in [-0.2, -0.15) is 0 Å². The molecule has 0 bridgehead atoms. The minimum absolute atomic E-state index is 0.0439. The monoisotopic (exact) mass is 242 g/mol. The van der Waals surface area contributed by atoms with Crippen LogP contribution < -0.4 is 5.32 Å². The molecule has 1 rings (SSSR count). The van der Waals surface area contributed by atoms with Crippen molar-refractivity contribution in [1.82, 2.24) is 10.3 Å². The number of carbonyl (C=O) groups excluding carboxylic acids is 1. The maximum Gasteiger partial charge on any atom is 0.303 e. The van der Waals surface area contributed by atoms with E-state index in [0.29, 0.717) is 13.0 Å². The van der Waals surface area contributed by atoms with E-state index in [1.165, 1.54) is 0 Å². The molecule has 0 radical (unpaired) electrons. The summed E-state index contributed by atoms with van der Waals surface area (Å²) >= 11 is 1.56. The predicted molar refractivity (Wildman–Crippen MR) is 60.3 cm³/mol. The van der Waals surface area contributed by atoms with Gasteiger partial charge in [0.1, 0.15) is 0 Å². The van der Waals surface area contributed by atoms with Gasteiger partial charge >= 0.3 is 5.97 Å². The average molecular weight is 242 g/mol. The molecule has 0 unspecified atom stereocenters. The lowest BCUT2D eigenvalue weighted by Crippen LogP contribution is -2.25. The fourth-order valence-electron chi connectivity index (χ4n) is 1.18. The minimum atomic E-state index is -0.863. The lowest BCUT2D eigenvalue weighted by atomic mass is 10.2. The first-order valence-corrected chi connectivity index (χ1v) is 5.92. The summed E-state index contributed by atoms with van der Waals surface area (Å²) in [6, 6.07) is 0. The zero-order valence-electron chi connectivity index (χ0n) is 8.81. The van der Waals surface area contributed by atoms with Gasteiger partial charge in [-0.1, -0.05) is 0 Å². The van der Waals surface area contributed by atoms with Crippen molar-refractivity contribution in [3.8, 4) is 0 Å². The van der Waals surface area contributed by atoms with Crippen LogP contribution in [0.3, 0.4) is 0 Å². The number of aliphatic carboxylic acids is 1. The summed E-state index contributed by atoms with van der Waals surface area (Å²) in [5.74, 6) is -0.955. The zero-order chi connectivity index (χ0) is 11.8. The highest BCUT2D eigenvalue weighted by Crippen LogP contribution is 2.05. The molecule has 1 aromatic heterocycles. The zero-order valence-corrected chi connectivity index (χ0v) is 9.63. The Morgan fingerprint density at radius 2 is 2.25 bits per heavy atom. The van der Waals surface area contributed by atoms with Crippen LogP contribution in [-0.2, 0) is 16.0 Å². The first-order chi connectivity index (χ1) is 7.68. The van der Waals surface area contributed by atoms with Crippen molar-refractivity contribution in [1.29, 1.82) is 0 Å². The quantitative estimate of drug-likeness (QED) is 0.749. The van der Waals surface area contributed by atoms with Gasteiger partial charge in [0.2, 0.25) is 5.91 Å². The molecule has 2 N–H and O–H groups in total. The van der Waals surface area contributed by atoms with Crippen molar-refractivity contribution in [2.75, 3.05) is 6.54 Å². The Morgan fingerprint density at radius 1 is 1.44 bits per heavy atom. The molecule has 0 fully saturated rings. The van der Waals surface area contributed by atoms with E-state index in [0.717, 1.165) is 11.3 Å². The van der Waals surface area contributed by atoms with E-state index in [2.05, 4.69) is 10.3 Å². The van der Waals surface area contributed by atoms with E-state index < -0.39 is 5.97 Å². The molecule has 0 aromatic carbocycles. The molecule has 1 aromatic rings. The van der Waals surface area contributed by atoms with Crippen molar-refractivity contribution >= 4 is 23.2 Å². The van der Waals surface area contributed by atoms with Crippen molar-refractivity contribution < 1.29 is 14.7 Å². The topological polar surface area (TPSA) is 79.3 Å². The molecule has 0 spiro atoms. The van der Waals surface area contributed by atoms with Crippen LogP contribution in [0.5, 0.6) is 0 Å². The molecule has 16 heavy (non-hydrogen) atoms. The van der Waals surface area contributed by atoms with E-state index in [1.807, 2.05) is 0 Å². The second-order valence-corrected chi connectivity index (χ2v) is 4.29. The average Bonchev–Trinajstić information content (AvgIpc) is 2.70. The van der Waals surface area contributed by atoms with Crippen LogP contribution in [0.25, 0.3) is 0 Å². The lowest BCUT2D eigenvalue weighted by molar-refractivity contribution is -0.137. The number of nitrogens with one attached hydrogen (secondary N) is 1. The number of amides is 1. The van der Waals surface area contributed by atoms with Crippen LogP contribution in [-0.4, -0.2) is 28.5 Å². The molecule has 88 valence electrons. The Morgan fingerprint density at radius 3 is 2.88 bits per heavy atom. The molecule has 0 aliphatic rings. The lowest BCUT2D eigenvalue weighted by Gasteiger charge is -2.02. The molecule has 1 amide bonds. The first-order valence-electron chi connectivity index (χ1n) is 5.04. The van der Waals surface area contributed by atoms with Crippen molar-refractivity contribution in [2.24, 2.45) is 0 Å². The summed E-state index contributed by atoms with van der Waals surface area (Å²) in [6.07, 6.45) is 3.26. The number of carbonyl (C=O) groups is 2. The molecule has 5 nitrogen and oxygen atoms in total. The van der Waals surface area contributed by atoms with E-state index in [9.17, 15) is 9.59 Å². The van der Waals surface area contributed by atoms with Gasteiger partial charge < -0.3 is 10.4 Å². The molecule has 1 heterocycles. The summed E-state index contributed by atoms with van der Waals surface area (Å²) in [7, 11) is 0. The minimum Gasteiger partial charge on any atom is -0.481 e. The second kappa shape index (κ2) is 6.95. The summed E-state index contributed by atoms with van der Waals surface area (Å²) in [5, 5.41) is 11.1. The molecule has 0 aliphatic heterocycles. The Balaban J connectivity index is 2.04. The third-order valence-electron chi connectivity index (χ3n) is 1.97. The van der Waals surface area contributed by atoms with Crippen LogP contribution in [0, 0.1) is 0 Å². The van der Waals surface area contributed by atoms with Crippen molar-refractivity contribution in [3.05, 3.63) is 16.6 Å². The van der Waals surface area contributed by atoms with E-state index in [1.54, 1.807) is 23.0 Å². The van der Waals surface area contributed by atoms with Gasteiger partial charge in [-0.15, -0.1) is 11.3 Å². The predicted octanol–water partition coefficient (Wildman–Crippen LogP) is 1.06. The normalized spacial score (nSPS) is 10.0. The molecule has 0 saturated heterocycles. The number of rotatable bonds is 7. The largest absolute Gasteiger partial charge is 0.481 e.